The van der Waals surface area contributed by atoms with Crippen molar-refractivity contribution in [3.63, 3.8) is 0 Å². The Bertz CT molecular complexity index is 1550. The molecule has 1 aliphatic heterocycles. The zero-order valence-electron chi connectivity index (χ0n) is 23.0. The molecule has 5 rings (SSSR count). The lowest BCUT2D eigenvalue weighted by molar-refractivity contribution is -0.137. The minimum absolute atomic E-state index is 0.0261. The standard InChI is InChI=1S/C28H30F4N8O2/c1-17(2)40-26-23(25(34-16-35-26)33-9-10-39-11-13-42-14-12-39)24(38-40)18-3-6-20(7-4-18)36-27(41)37-22-15-19(28(30,31)32)5-8-21(22)29/h3-8,15-17H,9-14H2,1-2H3,(H,33,34,35)(H2,36,37,41). The van der Waals surface area contributed by atoms with E-state index in [1.807, 2.05) is 18.5 Å². The highest BCUT2D eigenvalue weighted by Gasteiger charge is 2.31. The van der Waals surface area contributed by atoms with E-state index in [4.69, 9.17) is 9.84 Å². The molecular formula is C28H30F4N8O2. The molecule has 0 unspecified atom stereocenters. The average Bonchev–Trinajstić information content (AvgIpc) is 3.36. The first-order chi connectivity index (χ1) is 20.1. The van der Waals surface area contributed by atoms with Gasteiger partial charge in [0, 0.05) is 43.5 Å². The van der Waals surface area contributed by atoms with Crippen molar-refractivity contribution in [2.75, 3.05) is 55.3 Å². The van der Waals surface area contributed by atoms with Gasteiger partial charge in [0.15, 0.2) is 5.65 Å². The molecule has 0 spiro atoms. The molecule has 2 aromatic carbocycles. The lowest BCUT2D eigenvalue weighted by Gasteiger charge is -2.26. The van der Waals surface area contributed by atoms with Crippen molar-refractivity contribution in [1.29, 1.82) is 0 Å². The number of benzene rings is 2. The van der Waals surface area contributed by atoms with Gasteiger partial charge in [-0.1, -0.05) is 12.1 Å². The average molecular weight is 587 g/mol. The van der Waals surface area contributed by atoms with E-state index >= 15 is 0 Å². The van der Waals surface area contributed by atoms with Crippen molar-refractivity contribution in [2.45, 2.75) is 26.1 Å². The number of nitrogens with one attached hydrogen (secondary N) is 3. The van der Waals surface area contributed by atoms with Crippen LogP contribution in [0.15, 0.2) is 48.8 Å². The van der Waals surface area contributed by atoms with E-state index in [-0.39, 0.29) is 6.04 Å². The van der Waals surface area contributed by atoms with Gasteiger partial charge in [0.2, 0.25) is 0 Å². The molecule has 1 fully saturated rings. The molecule has 10 nitrogen and oxygen atoms in total. The first kappa shape index (κ1) is 29.2. The van der Waals surface area contributed by atoms with Crippen molar-refractivity contribution in [3.05, 3.63) is 60.2 Å². The summed E-state index contributed by atoms with van der Waals surface area (Å²) in [7, 11) is 0. The molecular weight excluding hydrogens is 556 g/mol. The fraction of sp³-hybridized carbons (Fsp3) is 0.357. The van der Waals surface area contributed by atoms with Gasteiger partial charge in [0.05, 0.1) is 29.9 Å². The van der Waals surface area contributed by atoms with Crippen molar-refractivity contribution in [3.8, 4) is 11.3 Å². The Morgan fingerprint density at radius 3 is 2.48 bits per heavy atom. The van der Waals surface area contributed by atoms with Crippen molar-refractivity contribution in [2.24, 2.45) is 0 Å². The molecule has 42 heavy (non-hydrogen) atoms. The summed E-state index contributed by atoms with van der Waals surface area (Å²) in [6.45, 7) is 8.70. The molecule has 3 N–H and O–H groups in total. The van der Waals surface area contributed by atoms with Crippen molar-refractivity contribution < 1.29 is 27.1 Å². The van der Waals surface area contributed by atoms with Crippen LogP contribution in [0.3, 0.4) is 0 Å². The van der Waals surface area contributed by atoms with Gasteiger partial charge in [-0.2, -0.15) is 18.3 Å². The van der Waals surface area contributed by atoms with Crippen LogP contribution in [0.4, 0.5) is 39.5 Å². The summed E-state index contributed by atoms with van der Waals surface area (Å²) in [6, 6.07) is 7.67. The van der Waals surface area contributed by atoms with Crippen LogP contribution in [0.5, 0.6) is 0 Å². The number of morpholine rings is 1. The van der Waals surface area contributed by atoms with Crippen LogP contribution in [-0.4, -0.2) is 70.1 Å². The van der Waals surface area contributed by atoms with Gasteiger partial charge in [0.25, 0.3) is 0 Å². The number of alkyl halides is 3. The third-order valence-electron chi connectivity index (χ3n) is 6.76. The fourth-order valence-electron chi connectivity index (χ4n) is 4.62. The van der Waals surface area contributed by atoms with Gasteiger partial charge >= 0.3 is 12.2 Å². The fourth-order valence-corrected chi connectivity index (χ4v) is 4.62. The van der Waals surface area contributed by atoms with E-state index in [1.54, 1.807) is 24.3 Å². The number of nitrogens with zero attached hydrogens (tertiary/aromatic N) is 5. The molecule has 0 radical (unpaired) electrons. The second-order valence-electron chi connectivity index (χ2n) is 10.0. The highest BCUT2D eigenvalue weighted by Crippen LogP contribution is 2.34. The quantitative estimate of drug-likeness (QED) is 0.230. The summed E-state index contributed by atoms with van der Waals surface area (Å²) in [5.74, 6) is -0.336. The summed E-state index contributed by atoms with van der Waals surface area (Å²) >= 11 is 0. The Morgan fingerprint density at radius 1 is 1.05 bits per heavy atom. The number of aromatic nitrogens is 4. The normalized spacial score (nSPS) is 14.4. The number of carbonyl (C=O) groups excluding carboxylic acids is 1. The monoisotopic (exact) mass is 586 g/mol. The van der Waals surface area contributed by atoms with Crippen LogP contribution in [0.25, 0.3) is 22.3 Å². The van der Waals surface area contributed by atoms with Gasteiger partial charge in [-0.05, 0) is 44.2 Å². The molecule has 0 saturated carbocycles. The first-order valence-electron chi connectivity index (χ1n) is 13.4. The van der Waals surface area contributed by atoms with Gasteiger partial charge in [-0.15, -0.1) is 0 Å². The number of rotatable bonds is 8. The van der Waals surface area contributed by atoms with E-state index in [0.717, 1.165) is 43.8 Å². The van der Waals surface area contributed by atoms with Gasteiger partial charge < -0.3 is 20.7 Å². The molecule has 3 heterocycles. The van der Waals surface area contributed by atoms with Crippen LogP contribution in [0.2, 0.25) is 0 Å². The second kappa shape index (κ2) is 12.3. The Balaban J connectivity index is 1.34. The molecule has 0 atom stereocenters. The number of hydrogen-bond donors (Lipinski definition) is 3. The van der Waals surface area contributed by atoms with Crippen molar-refractivity contribution >= 4 is 34.3 Å². The summed E-state index contributed by atoms with van der Waals surface area (Å²) in [5.41, 5.74) is 0.745. The predicted molar refractivity (Wildman–Crippen MR) is 151 cm³/mol. The SMILES string of the molecule is CC(C)n1nc(-c2ccc(NC(=O)Nc3cc(C(F)(F)F)ccc3F)cc2)c2c(NCCN3CCOCC3)ncnc21. The number of fused-ring (bicyclic) bond motifs is 1. The lowest BCUT2D eigenvalue weighted by Crippen LogP contribution is -2.39. The molecule has 0 aliphatic carbocycles. The summed E-state index contributed by atoms with van der Waals surface area (Å²) in [5, 5.41) is 13.6. The number of hydrogen-bond acceptors (Lipinski definition) is 7. The largest absolute Gasteiger partial charge is 0.416 e. The maximum atomic E-state index is 14.0. The predicted octanol–water partition coefficient (Wildman–Crippen LogP) is 5.62. The highest BCUT2D eigenvalue weighted by atomic mass is 19.4. The number of urea groups is 1. The molecule has 1 aliphatic rings. The topological polar surface area (TPSA) is 109 Å². The zero-order chi connectivity index (χ0) is 29.9. The van der Waals surface area contributed by atoms with E-state index in [1.165, 1.54) is 6.33 Å². The van der Waals surface area contributed by atoms with Crippen LogP contribution < -0.4 is 16.0 Å². The summed E-state index contributed by atoms with van der Waals surface area (Å²) in [6.07, 6.45) is -3.17. The Hall–Kier alpha value is -4.30. The smallest absolute Gasteiger partial charge is 0.379 e. The number of anilines is 3. The number of amides is 2. The van der Waals surface area contributed by atoms with E-state index in [9.17, 15) is 22.4 Å². The van der Waals surface area contributed by atoms with Crippen LogP contribution in [-0.2, 0) is 10.9 Å². The van der Waals surface area contributed by atoms with E-state index in [2.05, 4.69) is 30.8 Å². The van der Waals surface area contributed by atoms with Crippen molar-refractivity contribution in [1.82, 2.24) is 24.6 Å². The Morgan fingerprint density at radius 2 is 1.79 bits per heavy atom. The lowest BCUT2D eigenvalue weighted by atomic mass is 10.1. The summed E-state index contributed by atoms with van der Waals surface area (Å²) in [4.78, 5) is 23.7. The first-order valence-corrected chi connectivity index (χ1v) is 13.4. The minimum atomic E-state index is -4.67. The maximum Gasteiger partial charge on any atom is 0.416 e. The molecule has 1 saturated heterocycles. The van der Waals surface area contributed by atoms with Crippen LogP contribution >= 0.6 is 0 Å². The third kappa shape index (κ3) is 6.60. The third-order valence-corrected chi connectivity index (χ3v) is 6.76. The minimum Gasteiger partial charge on any atom is -0.379 e. The zero-order valence-corrected chi connectivity index (χ0v) is 23.0. The molecule has 0 bridgehead atoms. The van der Waals surface area contributed by atoms with Gasteiger partial charge in [-0.3, -0.25) is 4.90 Å². The maximum absolute atomic E-state index is 14.0. The van der Waals surface area contributed by atoms with Gasteiger partial charge in [-0.25, -0.2) is 23.8 Å². The molecule has 14 heteroatoms. The molecule has 2 amide bonds. The molecule has 2 aromatic heterocycles. The van der Waals surface area contributed by atoms with E-state index < -0.39 is 29.3 Å². The Kier molecular flexibility index (Phi) is 8.54. The molecule has 4 aromatic rings. The van der Waals surface area contributed by atoms with Crippen LogP contribution in [0, 0.1) is 5.82 Å². The van der Waals surface area contributed by atoms with Crippen LogP contribution in [0.1, 0.15) is 25.5 Å². The highest BCUT2D eigenvalue weighted by molar-refractivity contribution is 6.01. The molecule has 222 valence electrons. The second-order valence-corrected chi connectivity index (χ2v) is 10.0. The Labute approximate surface area is 239 Å². The summed E-state index contributed by atoms with van der Waals surface area (Å²) < 4.78 is 60.3. The number of carbonyl (C=O) groups is 1. The number of ether oxygens (including phenoxy) is 1. The van der Waals surface area contributed by atoms with E-state index in [0.29, 0.717) is 47.6 Å². The number of halogens is 4. The van der Waals surface area contributed by atoms with Gasteiger partial charge in [0.1, 0.15) is 23.7 Å².